The molecule has 4 saturated carbocycles. The second-order valence-electron chi connectivity index (χ2n) is 9.25. The van der Waals surface area contributed by atoms with Crippen LogP contribution in [0.15, 0.2) is 24.3 Å². The molecule has 2 amide bonds. The Labute approximate surface area is 160 Å². The molecule has 5 rings (SSSR count). The topological polar surface area (TPSA) is 49.4 Å². The Balaban J connectivity index is 1.25. The third-order valence-electron chi connectivity index (χ3n) is 6.90. The first-order chi connectivity index (χ1) is 12.9. The third-order valence-corrected chi connectivity index (χ3v) is 6.90. The average molecular weight is 372 g/mol. The quantitative estimate of drug-likeness (QED) is 0.831. The summed E-state index contributed by atoms with van der Waals surface area (Å²) in [6.07, 6.45) is 8.28. The lowest BCUT2D eigenvalue weighted by Crippen LogP contribution is -2.48. The number of hydrogen-bond donors (Lipinski definition) is 1. The summed E-state index contributed by atoms with van der Waals surface area (Å²) >= 11 is 0. The zero-order valence-electron chi connectivity index (χ0n) is 16.0. The Bertz CT molecular complexity index is 680. The van der Waals surface area contributed by atoms with E-state index in [1.807, 2.05) is 0 Å². The molecule has 0 spiro atoms. The molecule has 0 unspecified atom stereocenters. The Morgan fingerprint density at radius 1 is 1.07 bits per heavy atom. The van der Waals surface area contributed by atoms with Crippen LogP contribution in [0.3, 0.4) is 0 Å². The Morgan fingerprint density at radius 3 is 2.19 bits per heavy atom. The molecule has 1 aromatic rings. The van der Waals surface area contributed by atoms with E-state index < -0.39 is 0 Å². The Morgan fingerprint density at radius 2 is 1.63 bits per heavy atom. The van der Waals surface area contributed by atoms with Gasteiger partial charge in [0.05, 0.1) is 6.54 Å². The fraction of sp³-hybridized carbons (Fsp3) is 0.636. The number of benzene rings is 1. The monoisotopic (exact) mass is 372 g/mol. The van der Waals surface area contributed by atoms with Gasteiger partial charge in [0.2, 0.25) is 11.8 Å². The van der Waals surface area contributed by atoms with Crippen LogP contribution in [0.1, 0.15) is 50.5 Å². The third kappa shape index (κ3) is 4.17. The molecule has 0 radical (unpaired) electrons. The smallest absolute Gasteiger partial charge is 0.242 e. The van der Waals surface area contributed by atoms with Gasteiger partial charge in [-0.1, -0.05) is 12.1 Å². The summed E-state index contributed by atoms with van der Waals surface area (Å²) in [5, 5.41) is 2.84. The second kappa shape index (κ2) is 7.25. The average Bonchev–Trinajstić information content (AvgIpc) is 2.60. The van der Waals surface area contributed by atoms with Gasteiger partial charge in [0.1, 0.15) is 5.82 Å². The lowest BCUT2D eigenvalue weighted by Gasteiger charge is -2.56. The van der Waals surface area contributed by atoms with Crippen molar-refractivity contribution in [1.29, 1.82) is 0 Å². The van der Waals surface area contributed by atoms with Gasteiger partial charge in [-0.2, -0.15) is 0 Å². The van der Waals surface area contributed by atoms with E-state index in [1.54, 1.807) is 24.1 Å². The van der Waals surface area contributed by atoms with E-state index in [0.29, 0.717) is 13.0 Å². The van der Waals surface area contributed by atoms with E-state index in [0.717, 1.165) is 23.3 Å². The van der Waals surface area contributed by atoms with Crippen molar-refractivity contribution in [2.24, 2.45) is 23.2 Å². The number of carbonyl (C=O) groups excluding carboxylic acids is 2. The number of nitrogens with zero attached hydrogens (tertiary/aromatic N) is 1. The van der Waals surface area contributed by atoms with Gasteiger partial charge in [-0.25, -0.2) is 4.39 Å². The van der Waals surface area contributed by atoms with Gasteiger partial charge in [-0.3, -0.25) is 9.59 Å². The van der Waals surface area contributed by atoms with Gasteiger partial charge in [-0.05, 0) is 79.4 Å². The fourth-order valence-corrected chi connectivity index (χ4v) is 6.17. The largest absolute Gasteiger partial charge is 0.347 e. The van der Waals surface area contributed by atoms with Gasteiger partial charge in [0, 0.05) is 20.0 Å². The van der Waals surface area contributed by atoms with Crippen molar-refractivity contribution in [3.63, 3.8) is 0 Å². The highest BCUT2D eigenvalue weighted by Crippen LogP contribution is 2.61. The molecule has 4 aliphatic rings. The minimum atomic E-state index is -0.287. The first-order valence-electron chi connectivity index (χ1n) is 10.2. The molecular formula is C22H29FN2O2. The summed E-state index contributed by atoms with van der Waals surface area (Å²) in [4.78, 5) is 26.4. The van der Waals surface area contributed by atoms with Crippen LogP contribution in [0.25, 0.3) is 0 Å². The number of amides is 2. The number of rotatable bonds is 6. The Hall–Kier alpha value is -1.91. The van der Waals surface area contributed by atoms with E-state index in [1.165, 1.54) is 50.7 Å². The molecule has 5 heteroatoms. The lowest BCUT2D eigenvalue weighted by molar-refractivity contribution is -0.135. The van der Waals surface area contributed by atoms with Crippen molar-refractivity contribution < 1.29 is 14.0 Å². The summed E-state index contributed by atoms with van der Waals surface area (Å²) in [6.45, 7) is 0.437. The van der Waals surface area contributed by atoms with Crippen molar-refractivity contribution >= 4 is 11.8 Å². The minimum absolute atomic E-state index is 0.0143. The molecule has 0 aliphatic heterocycles. The number of carbonyl (C=O) groups is 2. The first-order valence-corrected chi connectivity index (χ1v) is 10.2. The number of likely N-dealkylation sites (N-methyl/N-ethyl adjacent to an activating group) is 1. The first kappa shape index (κ1) is 18.5. The van der Waals surface area contributed by atoms with Crippen LogP contribution >= 0.6 is 0 Å². The van der Waals surface area contributed by atoms with Gasteiger partial charge in [0.25, 0.3) is 0 Å². The highest BCUT2D eigenvalue weighted by atomic mass is 19.1. The molecular weight excluding hydrogens is 343 g/mol. The maximum Gasteiger partial charge on any atom is 0.242 e. The summed E-state index contributed by atoms with van der Waals surface area (Å²) in [5.41, 5.74) is 1.06. The van der Waals surface area contributed by atoms with Crippen LogP contribution in [0, 0.1) is 29.0 Å². The van der Waals surface area contributed by atoms with E-state index in [9.17, 15) is 14.0 Å². The zero-order valence-corrected chi connectivity index (χ0v) is 16.0. The molecule has 4 nitrogen and oxygen atoms in total. The van der Waals surface area contributed by atoms with Gasteiger partial charge >= 0.3 is 0 Å². The van der Waals surface area contributed by atoms with Crippen LogP contribution in [0.2, 0.25) is 0 Å². The molecule has 0 heterocycles. The number of hydrogen-bond acceptors (Lipinski definition) is 2. The summed E-state index contributed by atoms with van der Waals surface area (Å²) < 4.78 is 13.0. The summed E-state index contributed by atoms with van der Waals surface area (Å²) in [5.74, 6) is 2.08. The van der Waals surface area contributed by atoms with E-state index in [-0.39, 0.29) is 29.6 Å². The Kier molecular flexibility index (Phi) is 4.95. The predicted molar refractivity (Wildman–Crippen MR) is 101 cm³/mol. The molecule has 146 valence electrons. The maximum atomic E-state index is 13.0. The van der Waals surface area contributed by atoms with Crippen LogP contribution in [-0.4, -0.2) is 30.3 Å². The van der Waals surface area contributed by atoms with Gasteiger partial charge < -0.3 is 10.2 Å². The zero-order chi connectivity index (χ0) is 19.0. The maximum absolute atomic E-state index is 13.0. The van der Waals surface area contributed by atoms with Gasteiger partial charge in [-0.15, -0.1) is 0 Å². The molecule has 4 fully saturated rings. The van der Waals surface area contributed by atoms with Crippen LogP contribution in [-0.2, 0) is 16.1 Å². The molecule has 0 atom stereocenters. The number of nitrogens with one attached hydrogen (secondary N) is 1. The normalized spacial score (nSPS) is 31.0. The van der Waals surface area contributed by atoms with E-state index in [2.05, 4.69) is 5.32 Å². The minimum Gasteiger partial charge on any atom is -0.347 e. The second-order valence-corrected chi connectivity index (χ2v) is 9.25. The standard InChI is InChI=1S/C22H29FN2O2/c1-25(14-15-2-4-19(23)5-3-15)21(27)13-24-20(26)12-22-9-16-6-17(10-22)8-18(7-16)11-22/h2-5,16-18H,6-14H2,1H3,(H,24,26). The van der Waals surface area contributed by atoms with Crippen molar-refractivity contribution in [2.75, 3.05) is 13.6 Å². The summed E-state index contributed by atoms with van der Waals surface area (Å²) in [7, 11) is 1.71. The molecule has 4 bridgehead atoms. The fourth-order valence-electron chi connectivity index (χ4n) is 6.17. The van der Waals surface area contributed by atoms with Crippen molar-refractivity contribution in [1.82, 2.24) is 10.2 Å². The van der Waals surface area contributed by atoms with E-state index >= 15 is 0 Å². The van der Waals surface area contributed by atoms with Crippen LogP contribution in [0.4, 0.5) is 4.39 Å². The molecule has 0 saturated heterocycles. The summed E-state index contributed by atoms with van der Waals surface area (Å²) in [6, 6.07) is 6.12. The highest BCUT2D eigenvalue weighted by Gasteiger charge is 2.51. The molecule has 27 heavy (non-hydrogen) atoms. The molecule has 4 aliphatic carbocycles. The van der Waals surface area contributed by atoms with Crippen molar-refractivity contribution in [3.05, 3.63) is 35.6 Å². The highest BCUT2D eigenvalue weighted by molar-refractivity contribution is 5.84. The predicted octanol–water partition coefficient (Wildman–Crippen LogP) is 3.51. The van der Waals surface area contributed by atoms with E-state index in [4.69, 9.17) is 0 Å². The molecule has 0 aromatic heterocycles. The number of halogens is 1. The van der Waals surface area contributed by atoms with Crippen molar-refractivity contribution in [3.8, 4) is 0 Å². The molecule has 1 aromatic carbocycles. The molecule has 1 N–H and O–H groups in total. The SMILES string of the molecule is CN(Cc1ccc(F)cc1)C(=O)CNC(=O)CC12CC3CC(CC(C3)C1)C2. The van der Waals surface area contributed by atoms with Crippen LogP contribution in [0.5, 0.6) is 0 Å². The van der Waals surface area contributed by atoms with Gasteiger partial charge in [0.15, 0.2) is 0 Å². The van der Waals surface area contributed by atoms with Crippen molar-refractivity contribution in [2.45, 2.75) is 51.5 Å². The lowest BCUT2D eigenvalue weighted by atomic mass is 9.49. The van der Waals surface area contributed by atoms with Crippen LogP contribution < -0.4 is 5.32 Å².